The molecule has 3 aliphatic rings. The molecule has 1 N–H and O–H groups in total. The summed E-state index contributed by atoms with van der Waals surface area (Å²) in [7, 11) is 0. The van der Waals surface area contributed by atoms with E-state index in [1.54, 1.807) is 0 Å². The summed E-state index contributed by atoms with van der Waals surface area (Å²) in [6.45, 7) is 9.97. The fourth-order valence-electron chi connectivity index (χ4n) is 4.05. The number of carbonyl (C=O) groups is 1. The molecule has 3 heteroatoms. The maximum atomic E-state index is 12.0. The van der Waals surface area contributed by atoms with E-state index in [1.807, 2.05) is 0 Å². The Morgan fingerprint density at radius 3 is 2.83 bits per heavy atom. The minimum atomic E-state index is -0.935. The number of ether oxygens (including phenoxy) is 1. The molecule has 1 heterocycles. The van der Waals surface area contributed by atoms with E-state index in [9.17, 15) is 9.90 Å². The van der Waals surface area contributed by atoms with Crippen LogP contribution in [0.1, 0.15) is 39.0 Å². The largest absolute Gasteiger partial charge is 0.448 e. The van der Waals surface area contributed by atoms with Gasteiger partial charge >= 0.3 is 5.97 Å². The molecule has 3 nitrogen and oxygen atoms in total. The van der Waals surface area contributed by atoms with Gasteiger partial charge in [0.05, 0.1) is 0 Å². The quantitative estimate of drug-likeness (QED) is 0.406. The summed E-state index contributed by atoms with van der Waals surface area (Å²) >= 11 is 0. The van der Waals surface area contributed by atoms with Crippen LogP contribution in [0.15, 0.2) is 24.3 Å². The van der Waals surface area contributed by atoms with Crippen LogP contribution in [0.2, 0.25) is 0 Å². The topological polar surface area (TPSA) is 46.5 Å². The van der Waals surface area contributed by atoms with Gasteiger partial charge in [0, 0.05) is 12.0 Å². The van der Waals surface area contributed by atoms with Crippen LogP contribution in [0, 0.1) is 11.8 Å². The van der Waals surface area contributed by atoms with Crippen molar-refractivity contribution in [3.8, 4) is 0 Å². The molecule has 18 heavy (non-hydrogen) atoms. The molecule has 0 amide bonds. The molecule has 3 fully saturated rings. The third-order valence-electron chi connectivity index (χ3n) is 5.40. The molecule has 3 rings (SSSR count). The second kappa shape index (κ2) is 3.47. The lowest BCUT2D eigenvalue weighted by Crippen LogP contribution is -2.58. The summed E-state index contributed by atoms with van der Waals surface area (Å²) in [5, 5.41) is 11.1. The summed E-state index contributed by atoms with van der Waals surface area (Å²) in [6.07, 6.45) is 3.88. The number of carbonyl (C=O) groups excluding carboxylic acids is 1. The highest BCUT2D eigenvalue weighted by molar-refractivity contribution is 5.90. The third kappa shape index (κ3) is 1.21. The van der Waals surface area contributed by atoms with Gasteiger partial charge in [-0.2, -0.15) is 0 Å². The van der Waals surface area contributed by atoms with Gasteiger partial charge < -0.3 is 9.84 Å². The maximum Gasteiger partial charge on any atom is 0.334 e. The van der Waals surface area contributed by atoms with E-state index in [0.29, 0.717) is 18.4 Å². The van der Waals surface area contributed by atoms with E-state index < -0.39 is 11.2 Å². The number of rotatable bonds is 0. The molecule has 0 aromatic rings. The van der Waals surface area contributed by atoms with E-state index in [4.69, 9.17) is 4.74 Å². The molecule has 1 spiro atoms. The molecule has 2 saturated carbocycles. The first kappa shape index (κ1) is 12.0. The van der Waals surface area contributed by atoms with Crippen molar-refractivity contribution >= 4 is 5.97 Å². The van der Waals surface area contributed by atoms with Crippen molar-refractivity contribution in [2.24, 2.45) is 11.8 Å². The Hall–Kier alpha value is -1.09. The van der Waals surface area contributed by atoms with Crippen LogP contribution in [0.25, 0.3) is 0 Å². The Balaban J connectivity index is 2.15. The number of aliphatic hydroxyl groups is 1. The van der Waals surface area contributed by atoms with Crippen LogP contribution < -0.4 is 0 Å². The number of hydrogen-bond acceptors (Lipinski definition) is 3. The molecular formula is C15H20O3. The van der Waals surface area contributed by atoms with Crippen molar-refractivity contribution in [2.45, 2.75) is 50.2 Å². The number of fused-ring (bicyclic) bond motifs is 1. The van der Waals surface area contributed by atoms with Gasteiger partial charge in [0.1, 0.15) is 5.60 Å². The third-order valence-corrected chi connectivity index (χ3v) is 5.40. The molecule has 1 saturated heterocycles. The zero-order valence-corrected chi connectivity index (χ0v) is 10.9. The highest BCUT2D eigenvalue weighted by Crippen LogP contribution is 2.58. The van der Waals surface area contributed by atoms with Crippen molar-refractivity contribution in [1.29, 1.82) is 0 Å². The van der Waals surface area contributed by atoms with Gasteiger partial charge in [-0.25, -0.2) is 4.79 Å². The smallest absolute Gasteiger partial charge is 0.334 e. The summed E-state index contributed by atoms with van der Waals surface area (Å²) in [5.74, 6) is -0.0835. The Labute approximate surface area is 108 Å². The maximum absolute atomic E-state index is 12.0. The first-order valence-electron chi connectivity index (χ1n) is 6.73. The first-order chi connectivity index (χ1) is 8.41. The van der Waals surface area contributed by atoms with E-state index in [2.05, 4.69) is 20.1 Å². The highest BCUT2D eigenvalue weighted by atomic mass is 16.6. The van der Waals surface area contributed by atoms with Gasteiger partial charge in [-0.05, 0) is 43.1 Å². The molecule has 0 unspecified atom stereocenters. The first-order valence-corrected chi connectivity index (χ1v) is 6.73. The molecule has 1 aliphatic heterocycles. The van der Waals surface area contributed by atoms with Crippen LogP contribution in [-0.2, 0) is 9.53 Å². The fourth-order valence-corrected chi connectivity index (χ4v) is 4.05. The molecule has 0 radical (unpaired) electrons. The summed E-state index contributed by atoms with van der Waals surface area (Å²) in [4.78, 5) is 12.0. The van der Waals surface area contributed by atoms with Gasteiger partial charge in [0.25, 0.3) is 0 Å². The van der Waals surface area contributed by atoms with Gasteiger partial charge in [-0.1, -0.05) is 20.1 Å². The van der Waals surface area contributed by atoms with Crippen LogP contribution >= 0.6 is 0 Å². The lowest BCUT2D eigenvalue weighted by molar-refractivity contribution is -0.193. The molecule has 4 atom stereocenters. The summed E-state index contributed by atoms with van der Waals surface area (Å²) in [6, 6.07) is 0. The van der Waals surface area contributed by atoms with Gasteiger partial charge in [0.2, 0.25) is 0 Å². The van der Waals surface area contributed by atoms with E-state index in [1.165, 1.54) is 0 Å². The van der Waals surface area contributed by atoms with Crippen LogP contribution in [0.4, 0.5) is 0 Å². The Morgan fingerprint density at radius 2 is 2.11 bits per heavy atom. The highest BCUT2D eigenvalue weighted by Gasteiger charge is 2.65. The van der Waals surface area contributed by atoms with Crippen molar-refractivity contribution in [3.63, 3.8) is 0 Å². The number of esters is 1. The van der Waals surface area contributed by atoms with Crippen LogP contribution in [-0.4, -0.2) is 22.3 Å². The zero-order valence-electron chi connectivity index (χ0n) is 10.9. The molecule has 2 aliphatic carbocycles. The predicted molar refractivity (Wildman–Crippen MR) is 67.8 cm³/mol. The minimum absolute atomic E-state index is 0.125. The standard InChI is InChI=1S/C15H20O3/c1-9-4-5-12-8-15(18-13(16)11(12)3)10(2)6-7-14(9,15)17/h9,12,17H,2-8H2,1H3/t9-,12+,14-,15-/m0/s1. The van der Waals surface area contributed by atoms with Gasteiger partial charge in [-0.3, -0.25) is 0 Å². The van der Waals surface area contributed by atoms with Gasteiger partial charge in [0.15, 0.2) is 5.60 Å². The Kier molecular flexibility index (Phi) is 2.31. The average molecular weight is 248 g/mol. The van der Waals surface area contributed by atoms with E-state index in [0.717, 1.165) is 24.8 Å². The monoisotopic (exact) mass is 248 g/mol. The number of hydrogen-bond donors (Lipinski definition) is 1. The minimum Gasteiger partial charge on any atom is -0.448 e. The predicted octanol–water partition coefficient (Wildman–Crippen LogP) is 2.36. The van der Waals surface area contributed by atoms with Crippen molar-refractivity contribution in [2.75, 3.05) is 0 Å². The average Bonchev–Trinajstić information content (AvgIpc) is 2.52. The Bertz CT molecular complexity index is 453. The zero-order chi connectivity index (χ0) is 13.1. The second-order valence-corrected chi connectivity index (χ2v) is 6.15. The Morgan fingerprint density at radius 1 is 1.39 bits per heavy atom. The van der Waals surface area contributed by atoms with Crippen molar-refractivity contribution in [3.05, 3.63) is 24.3 Å². The second-order valence-electron chi connectivity index (χ2n) is 6.15. The molecule has 0 aromatic carbocycles. The van der Waals surface area contributed by atoms with Crippen molar-refractivity contribution < 1.29 is 14.6 Å². The van der Waals surface area contributed by atoms with Crippen LogP contribution in [0.5, 0.6) is 0 Å². The lowest BCUT2D eigenvalue weighted by atomic mass is 9.72. The summed E-state index contributed by atoms with van der Waals surface area (Å²) < 4.78 is 5.66. The fraction of sp³-hybridized carbons (Fsp3) is 0.667. The van der Waals surface area contributed by atoms with Crippen molar-refractivity contribution in [1.82, 2.24) is 0 Å². The molecular weight excluding hydrogens is 228 g/mol. The van der Waals surface area contributed by atoms with Gasteiger partial charge in [-0.15, -0.1) is 0 Å². The SMILES string of the molecule is C=C1C(=O)O[C@]23C[C@H]1CC[C@H](C)[C@@]2(O)CCC3=C. The van der Waals surface area contributed by atoms with E-state index >= 15 is 0 Å². The van der Waals surface area contributed by atoms with E-state index in [-0.39, 0.29) is 17.8 Å². The summed E-state index contributed by atoms with van der Waals surface area (Å²) in [5.41, 5.74) is -0.345. The normalized spacial score (nSPS) is 47.6. The van der Waals surface area contributed by atoms with Crippen LogP contribution in [0.3, 0.4) is 0 Å². The molecule has 0 aromatic heterocycles. The lowest BCUT2D eigenvalue weighted by Gasteiger charge is -2.47. The molecule has 2 bridgehead atoms. The molecule has 98 valence electrons.